The number of fused-ring (bicyclic) bond motifs is 2. The van der Waals surface area contributed by atoms with E-state index in [2.05, 4.69) is 13.5 Å². The molecule has 3 aliphatic rings. The third-order valence-corrected chi connectivity index (χ3v) is 3.05. The summed E-state index contributed by atoms with van der Waals surface area (Å²) in [6.07, 6.45) is 2.15. The van der Waals surface area contributed by atoms with Gasteiger partial charge in [0.2, 0.25) is 0 Å². The van der Waals surface area contributed by atoms with E-state index >= 15 is 0 Å². The van der Waals surface area contributed by atoms with Gasteiger partial charge in [0.05, 0.1) is 0 Å². The normalized spacial score (nSPS) is 45.1. The Bertz CT molecular complexity index is 197. The zero-order valence-corrected chi connectivity index (χ0v) is 6.26. The van der Waals surface area contributed by atoms with Crippen molar-refractivity contribution in [3.63, 3.8) is 0 Å². The van der Waals surface area contributed by atoms with Crippen LogP contribution in [0.1, 0.15) is 19.8 Å². The fraction of sp³-hybridized carbons (Fsp3) is 0.667. The third-order valence-electron chi connectivity index (χ3n) is 3.05. The Balaban J connectivity index is 2.27. The standard InChI is InChI=1S/C9H12O/c1-5-3-4-7-6(2)8(5)9(7)10/h6-8H,1,3-4H2,2H3/t6-,7-,8+/m1/s1. The van der Waals surface area contributed by atoms with E-state index in [1.807, 2.05) is 0 Å². The second kappa shape index (κ2) is 1.71. The number of carbonyl (C=O) groups is 1. The maximum atomic E-state index is 11.2. The monoisotopic (exact) mass is 136 g/mol. The Kier molecular flexibility index (Phi) is 1.05. The lowest BCUT2D eigenvalue weighted by molar-refractivity contribution is -0.142. The van der Waals surface area contributed by atoms with Gasteiger partial charge in [-0.3, -0.25) is 4.79 Å². The highest BCUT2D eigenvalue weighted by atomic mass is 16.1. The molecule has 3 fully saturated rings. The summed E-state index contributed by atoms with van der Waals surface area (Å²) in [5.41, 5.74) is 1.18. The first-order chi connectivity index (χ1) is 4.72. The summed E-state index contributed by atoms with van der Waals surface area (Å²) >= 11 is 0. The average molecular weight is 136 g/mol. The van der Waals surface area contributed by atoms with Crippen LogP contribution >= 0.6 is 0 Å². The number of rotatable bonds is 0. The summed E-state index contributed by atoms with van der Waals surface area (Å²) in [5.74, 6) is 1.71. The summed E-state index contributed by atoms with van der Waals surface area (Å²) in [6, 6.07) is 0. The minimum atomic E-state index is 0.249. The molecule has 1 heteroatoms. The minimum absolute atomic E-state index is 0.249. The Morgan fingerprint density at radius 1 is 1.60 bits per heavy atom. The van der Waals surface area contributed by atoms with Crippen LogP contribution in [-0.4, -0.2) is 5.78 Å². The highest BCUT2D eigenvalue weighted by Gasteiger charge is 2.50. The van der Waals surface area contributed by atoms with Crippen molar-refractivity contribution in [3.8, 4) is 0 Å². The predicted octanol–water partition coefficient (Wildman–Crippen LogP) is 1.79. The van der Waals surface area contributed by atoms with Gasteiger partial charge >= 0.3 is 0 Å². The number of ketones is 1. The lowest BCUT2D eigenvalue weighted by atomic mass is 9.55. The fourth-order valence-electron chi connectivity index (χ4n) is 2.34. The van der Waals surface area contributed by atoms with Gasteiger partial charge in [0.25, 0.3) is 0 Å². The first-order valence-corrected chi connectivity index (χ1v) is 3.93. The number of allylic oxidation sites excluding steroid dienone is 1. The first kappa shape index (κ1) is 6.14. The largest absolute Gasteiger partial charge is 0.299 e. The molecule has 3 rings (SSSR count). The maximum Gasteiger partial charge on any atom is 0.143 e. The molecule has 0 amide bonds. The molecule has 3 aliphatic carbocycles. The Labute approximate surface area is 61.1 Å². The molecule has 1 nitrogen and oxygen atoms in total. The quantitative estimate of drug-likeness (QED) is 0.464. The van der Waals surface area contributed by atoms with Gasteiger partial charge in [0.15, 0.2) is 0 Å². The molecule has 0 aromatic carbocycles. The highest BCUT2D eigenvalue weighted by molar-refractivity contribution is 5.93. The van der Waals surface area contributed by atoms with Crippen LogP contribution in [0.4, 0.5) is 0 Å². The number of carbonyl (C=O) groups excluding carboxylic acids is 1. The number of Topliss-reactive ketones (excluding diaryl/α,β-unsaturated/α-hetero) is 1. The lowest BCUT2D eigenvalue weighted by Crippen LogP contribution is -2.50. The maximum absolute atomic E-state index is 11.2. The van der Waals surface area contributed by atoms with E-state index in [0.29, 0.717) is 17.6 Å². The van der Waals surface area contributed by atoms with Gasteiger partial charge in [-0.05, 0) is 18.8 Å². The molecule has 0 heterocycles. The van der Waals surface area contributed by atoms with Crippen LogP contribution in [0.25, 0.3) is 0 Å². The number of hydrogen-bond acceptors (Lipinski definition) is 1. The van der Waals surface area contributed by atoms with Crippen molar-refractivity contribution in [2.24, 2.45) is 17.8 Å². The molecule has 0 aromatic heterocycles. The molecule has 3 atom stereocenters. The van der Waals surface area contributed by atoms with Gasteiger partial charge in [0.1, 0.15) is 5.78 Å². The van der Waals surface area contributed by atoms with Crippen LogP contribution < -0.4 is 0 Å². The summed E-state index contributed by atoms with van der Waals surface area (Å²) in [6.45, 7) is 6.08. The molecule has 0 radical (unpaired) electrons. The second-order valence-corrected chi connectivity index (χ2v) is 3.54. The molecule has 0 saturated heterocycles. The first-order valence-electron chi connectivity index (χ1n) is 3.93. The van der Waals surface area contributed by atoms with E-state index in [-0.39, 0.29) is 5.92 Å². The smallest absolute Gasteiger partial charge is 0.143 e. The van der Waals surface area contributed by atoms with E-state index in [4.69, 9.17) is 0 Å². The van der Waals surface area contributed by atoms with Crippen molar-refractivity contribution in [2.75, 3.05) is 0 Å². The Hall–Kier alpha value is -0.590. The Morgan fingerprint density at radius 2 is 2.30 bits per heavy atom. The van der Waals surface area contributed by atoms with Gasteiger partial charge in [-0.15, -0.1) is 0 Å². The molecule has 0 N–H and O–H groups in total. The predicted molar refractivity (Wildman–Crippen MR) is 39.5 cm³/mol. The molecule has 54 valence electrons. The van der Waals surface area contributed by atoms with Crippen LogP contribution in [0.5, 0.6) is 0 Å². The van der Waals surface area contributed by atoms with Crippen LogP contribution in [0.3, 0.4) is 0 Å². The molecule has 10 heavy (non-hydrogen) atoms. The van der Waals surface area contributed by atoms with Crippen LogP contribution in [0.15, 0.2) is 12.2 Å². The lowest BCUT2D eigenvalue weighted by Gasteiger charge is -2.47. The van der Waals surface area contributed by atoms with Crippen molar-refractivity contribution >= 4 is 5.78 Å². The highest BCUT2D eigenvalue weighted by Crippen LogP contribution is 2.49. The zero-order valence-electron chi connectivity index (χ0n) is 6.26. The average Bonchev–Trinajstić information content (AvgIpc) is 1.88. The van der Waals surface area contributed by atoms with E-state index in [0.717, 1.165) is 12.8 Å². The van der Waals surface area contributed by atoms with Gasteiger partial charge in [-0.1, -0.05) is 19.1 Å². The minimum Gasteiger partial charge on any atom is -0.299 e. The topological polar surface area (TPSA) is 17.1 Å². The van der Waals surface area contributed by atoms with Crippen molar-refractivity contribution < 1.29 is 4.79 Å². The number of hydrogen-bond donors (Lipinski definition) is 0. The summed E-state index contributed by atoms with van der Waals surface area (Å²) in [4.78, 5) is 11.2. The summed E-state index contributed by atoms with van der Waals surface area (Å²) in [7, 11) is 0. The van der Waals surface area contributed by atoms with Crippen LogP contribution in [-0.2, 0) is 4.79 Å². The summed E-state index contributed by atoms with van der Waals surface area (Å²) in [5, 5.41) is 0. The zero-order chi connectivity index (χ0) is 7.30. The van der Waals surface area contributed by atoms with Crippen LogP contribution in [0, 0.1) is 17.8 Å². The van der Waals surface area contributed by atoms with Gasteiger partial charge in [-0.2, -0.15) is 0 Å². The van der Waals surface area contributed by atoms with E-state index < -0.39 is 0 Å². The molecule has 2 bridgehead atoms. The summed E-state index contributed by atoms with van der Waals surface area (Å²) < 4.78 is 0. The van der Waals surface area contributed by atoms with Crippen molar-refractivity contribution in [1.29, 1.82) is 0 Å². The van der Waals surface area contributed by atoms with E-state index in [1.165, 1.54) is 5.57 Å². The van der Waals surface area contributed by atoms with E-state index in [1.54, 1.807) is 0 Å². The molecular formula is C9H12O. The van der Waals surface area contributed by atoms with Crippen LogP contribution in [0.2, 0.25) is 0 Å². The van der Waals surface area contributed by atoms with Crippen molar-refractivity contribution in [2.45, 2.75) is 19.8 Å². The molecule has 0 aromatic rings. The molecule has 3 saturated carbocycles. The third kappa shape index (κ3) is 0.511. The van der Waals surface area contributed by atoms with Gasteiger partial charge in [-0.25, -0.2) is 0 Å². The van der Waals surface area contributed by atoms with Gasteiger partial charge in [0, 0.05) is 11.8 Å². The van der Waals surface area contributed by atoms with E-state index in [9.17, 15) is 4.79 Å². The molecule has 0 spiro atoms. The van der Waals surface area contributed by atoms with Crippen molar-refractivity contribution in [3.05, 3.63) is 12.2 Å². The molecular weight excluding hydrogens is 124 g/mol. The Morgan fingerprint density at radius 3 is 2.60 bits per heavy atom. The second-order valence-electron chi connectivity index (χ2n) is 3.54. The van der Waals surface area contributed by atoms with Gasteiger partial charge < -0.3 is 0 Å². The molecule has 0 unspecified atom stereocenters. The fourth-order valence-corrected chi connectivity index (χ4v) is 2.34. The SMILES string of the molecule is C=C1CC[C@H]2C(=O)[C@@H]1[C@@H]2C. The van der Waals surface area contributed by atoms with Crippen molar-refractivity contribution in [1.82, 2.24) is 0 Å². The molecule has 0 aliphatic heterocycles.